The van der Waals surface area contributed by atoms with Gasteiger partial charge in [-0.15, -0.1) is 5.10 Å². The quantitative estimate of drug-likeness (QED) is 0.416. The Balaban J connectivity index is 1.48. The number of alkyl halides is 1. The molecule has 1 saturated heterocycles. The molecule has 1 unspecified atom stereocenters. The Morgan fingerprint density at radius 3 is 2.91 bits per heavy atom. The zero-order valence-corrected chi connectivity index (χ0v) is 19.9. The van der Waals surface area contributed by atoms with E-state index in [1.54, 1.807) is 21.5 Å². The second kappa shape index (κ2) is 9.14. The lowest BCUT2D eigenvalue weighted by Gasteiger charge is -2.27. The van der Waals surface area contributed by atoms with Crippen molar-refractivity contribution >= 4 is 17.1 Å². The number of hydrogen-bond donors (Lipinski definition) is 2. The van der Waals surface area contributed by atoms with Gasteiger partial charge >= 0.3 is 0 Å². The first-order chi connectivity index (χ1) is 16.7. The van der Waals surface area contributed by atoms with E-state index in [0.717, 1.165) is 6.20 Å². The maximum atomic E-state index is 14.5. The minimum Gasteiger partial charge on any atom is -0.488 e. The van der Waals surface area contributed by atoms with Crippen LogP contribution in [0.5, 0.6) is 5.75 Å². The number of pyridine rings is 2. The van der Waals surface area contributed by atoms with Gasteiger partial charge in [0.15, 0.2) is 0 Å². The van der Waals surface area contributed by atoms with Gasteiger partial charge < -0.3 is 15.2 Å². The molecule has 9 nitrogen and oxygen atoms in total. The smallest absolute Gasteiger partial charge is 0.147 e. The lowest BCUT2D eigenvalue weighted by atomic mass is 10.0. The van der Waals surface area contributed by atoms with E-state index in [1.165, 1.54) is 25.3 Å². The maximum Gasteiger partial charge on any atom is 0.147 e. The van der Waals surface area contributed by atoms with E-state index in [1.807, 2.05) is 6.92 Å². The number of piperidine rings is 1. The van der Waals surface area contributed by atoms with Crippen LogP contribution in [0.25, 0.3) is 16.8 Å². The van der Waals surface area contributed by atoms with Crippen molar-refractivity contribution in [2.75, 3.05) is 19.7 Å². The number of hydrogen-bond acceptors (Lipinski definition) is 7. The van der Waals surface area contributed by atoms with Crippen molar-refractivity contribution in [2.24, 2.45) is 0 Å². The largest absolute Gasteiger partial charge is 0.488 e. The fourth-order valence-electron chi connectivity index (χ4n) is 4.28. The van der Waals surface area contributed by atoms with Crippen LogP contribution in [-0.2, 0) is 5.60 Å². The summed E-state index contributed by atoms with van der Waals surface area (Å²) in [6, 6.07) is 3.96. The lowest BCUT2D eigenvalue weighted by Crippen LogP contribution is -2.39. The highest BCUT2D eigenvalue weighted by atomic mass is 35.5. The highest BCUT2D eigenvalue weighted by Gasteiger charge is 2.30. The standard InChI is InChI=1S/C23H24ClF2N7O2/c1-13-21(30-31-33(13)18-5-6-27-10-17(18)26)14-7-19(22-16(24)9-29-32(22)11-14)35-12-23(2,34)20-4-3-15(25)8-28-20/h3-4,7-9,11,17-18,27,34H,5-6,10,12H2,1-2H3/t17-,18+,23?/m1/s1. The summed E-state index contributed by atoms with van der Waals surface area (Å²) >= 11 is 6.35. The van der Waals surface area contributed by atoms with Crippen LogP contribution in [0.1, 0.15) is 30.8 Å². The third-order valence-corrected chi connectivity index (χ3v) is 6.49. The normalized spacial score (nSPS) is 20.2. The van der Waals surface area contributed by atoms with Gasteiger partial charge in [-0.1, -0.05) is 16.8 Å². The maximum absolute atomic E-state index is 14.5. The summed E-state index contributed by atoms with van der Waals surface area (Å²) in [6.45, 7) is 4.16. The molecule has 1 aliphatic heterocycles. The molecule has 1 aliphatic rings. The lowest BCUT2D eigenvalue weighted by molar-refractivity contribution is 0.00420. The fourth-order valence-corrected chi connectivity index (χ4v) is 4.50. The molecule has 5 rings (SSSR count). The second-order valence-corrected chi connectivity index (χ2v) is 9.25. The number of rotatable bonds is 6. The van der Waals surface area contributed by atoms with Crippen molar-refractivity contribution in [2.45, 2.75) is 38.1 Å². The molecule has 0 amide bonds. The summed E-state index contributed by atoms with van der Waals surface area (Å²) < 4.78 is 37.0. The molecule has 0 aromatic carbocycles. The van der Waals surface area contributed by atoms with Crippen LogP contribution >= 0.6 is 11.6 Å². The predicted octanol–water partition coefficient (Wildman–Crippen LogP) is 3.25. The zero-order valence-electron chi connectivity index (χ0n) is 19.1. The summed E-state index contributed by atoms with van der Waals surface area (Å²) in [5.41, 5.74) is 1.17. The molecule has 12 heteroatoms. The average Bonchev–Trinajstić information content (AvgIpc) is 3.40. The number of aliphatic hydroxyl groups is 1. The van der Waals surface area contributed by atoms with Crippen molar-refractivity contribution < 1.29 is 18.6 Å². The molecule has 0 spiro atoms. The molecule has 184 valence electrons. The molecule has 0 saturated carbocycles. The zero-order chi connectivity index (χ0) is 24.7. The molecule has 0 aliphatic carbocycles. The van der Waals surface area contributed by atoms with Crippen molar-refractivity contribution in [3.05, 3.63) is 59.0 Å². The van der Waals surface area contributed by atoms with Crippen molar-refractivity contribution in [1.29, 1.82) is 0 Å². The Kier molecular flexibility index (Phi) is 6.16. The van der Waals surface area contributed by atoms with Gasteiger partial charge in [-0.3, -0.25) is 4.98 Å². The van der Waals surface area contributed by atoms with E-state index in [0.29, 0.717) is 46.2 Å². The second-order valence-electron chi connectivity index (χ2n) is 8.85. The molecule has 4 aromatic rings. The summed E-state index contributed by atoms with van der Waals surface area (Å²) in [7, 11) is 0. The first-order valence-corrected chi connectivity index (χ1v) is 11.5. The Morgan fingerprint density at radius 2 is 2.17 bits per heavy atom. The summed E-state index contributed by atoms with van der Waals surface area (Å²) in [6.07, 6.45) is 3.81. The van der Waals surface area contributed by atoms with Gasteiger partial charge in [0.05, 0.1) is 34.8 Å². The van der Waals surface area contributed by atoms with Gasteiger partial charge in [-0.05, 0) is 45.0 Å². The van der Waals surface area contributed by atoms with Gasteiger partial charge in [0, 0.05) is 18.3 Å². The molecule has 3 atom stereocenters. The molecule has 0 bridgehead atoms. The van der Waals surface area contributed by atoms with Crippen LogP contribution in [0.2, 0.25) is 5.02 Å². The van der Waals surface area contributed by atoms with E-state index in [2.05, 4.69) is 25.7 Å². The molecular formula is C23H24ClF2N7O2. The molecule has 2 N–H and O–H groups in total. The predicted molar refractivity (Wildman–Crippen MR) is 125 cm³/mol. The number of halogens is 3. The Bertz CT molecular complexity index is 1360. The van der Waals surface area contributed by atoms with E-state index >= 15 is 0 Å². The monoisotopic (exact) mass is 503 g/mol. The van der Waals surface area contributed by atoms with Crippen molar-refractivity contribution in [1.82, 2.24) is 34.9 Å². The van der Waals surface area contributed by atoms with Crippen molar-refractivity contribution in [3.8, 4) is 17.0 Å². The summed E-state index contributed by atoms with van der Waals surface area (Å²) in [5, 5.41) is 27.1. The van der Waals surface area contributed by atoms with Gasteiger partial charge in [0.2, 0.25) is 0 Å². The van der Waals surface area contributed by atoms with Crippen molar-refractivity contribution in [3.63, 3.8) is 0 Å². The minimum absolute atomic E-state index is 0.184. The highest BCUT2D eigenvalue weighted by Crippen LogP contribution is 2.34. The van der Waals surface area contributed by atoms with E-state index in [-0.39, 0.29) is 18.8 Å². The fraction of sp³-hybridized carbons (Fsp3) is 0.391. The topological polar surface area (TPSA) is 102 Å². The number of ether oxygens (including phenoxy) is 1. The van der Waals surface area contributed by atoms with Crippen LogP contribution in [-0.4, -0.2) is 60.6 Å². The SMILES string of the molecule is Cc1c(-c2cc(OCC(C)(O)c3ccc(F)cn3)c3c(Cl)cnn3c2)nnn1[C@H]1CCNC[C@H]1F. The number of fused-ring (bicyclic) bond motifs is 1. The van der Waals surface area contributed by atoms with Crippen LogP contribution in [0, 0.1) is 12.7 Å². The summed E-state index contributed by atoms with van der Waals surface area (Å²) in [5.74, 6) is -0.149. The molecule has 4 aromatic heterocycles. The molecular weight excluding hydrogens is 480 g/mol. The van der Waals surface area contributed by atoms with E-state index in [4.69, 9.17) is 16.3 Å². The first kappa shape index (κ1) is 23.6. The van der Waals surface area contributed by atoms with Crippen LogP contribution < -0.4 is 10.1 Å². The summed E-state index contributed by atoms with van der Waals surface area (Å²) in [4.78, 5) is 3.96. The third-order valence-electron chi connectivity index (χ3n) is 6.21. The van der Waals surface area contributed by atoms with Gasteiger partial charge in [0.1, 0.15) is 41.2 Å². The van der Waals surface area contributed by atoms with Crippen LogP contribution in [0.4, 0.5) is 8.78 Å². The van der Waals surface area contributed by atoms with E-state index in [9.17, 15) is 13.9 Å². The molecule has 0 radical (unpaired) electrons. The van der Waals surface area contributed by atoms with Gasteiger partial charge in [-0.2, -0.15) is 5.10 Å². The van der Waals surface area contributed by atoms with Crippen LogP contribution in [0.15, 0.2) is 36.8 Å². The molecule has 1 fully saturated rings. The Hall–Kier alpha value is -3.15. The average molecular weight is 504 g/mol. The molecule has 5 heterocycles. The van der Waals surface area contributed by atoms with E-state index < -0.39 is 23.6 Å². The molecule has 35 heavy (non-hydrogen) atoms. The third kappa shape index (κ3) is 4.46. The van der Waals surface area contributed by atoms with Gasteiger partial charge in [-0.25, -0.2) is 18.0 Å². The van der Waals surface area contributed by atoms with Gasteiger partial charge in [0.25, 0.3) is 0 Å². The van der Waals surface area contributed by atoms with Crippen LogP contribution in [0.3, 0.4) is 0 Å². The minimum atomic E-state index is -1.50. The first-order valence-electron chi connectivity index (χ1n) is 11.2. The highest BCUT2D eigenvalue weighted by molar-refractivity contribution is 6.34. The number of nitrogens with one attached hydrogen (secondary N) is 1. The number of nitrogens with zero attached hydrogens (tertiary/aromatic N) is 6. The Morgan fingerprint density at radius 1 is 1.34 bits per heavy atom. The Labute approximate surface area is 204 Å². The number of aromatic nitrogens is 6.